The van der Waals surface area contributed by atoms with Crippen molar-refractivity contribution in [2.75, 3.05) is 13.1 Å². The van der Waals surface area contributed by atoms with Crippen molar-refractivity contribution in [3.63, 3.8) is 0 Å². The Hall–Kier alpha value is -1.06. The first kappa shape index (κ1) is 14.9. The Morgan fingerprint density at radius 1 is 1.19 bits per heavy atom. The van der Waals surface area contributed by atoms with Crippen LogP contribution in [0.2, 0.25) is 0 Å². The Kier molecular flexibility index (Phi) is 8.58. The molecule has 3 nitrogen and oxygen atoms in total. The number of carbonyl (C=O) groups excluding carboxylic acids is 1. The lowest BCUT2D eigenvalue weighted by atomic mass is 10.1. The molecule has 0 heterocycles. The predicted molar refractivity (Wildman–Crippen MR) is 61.4 cm³/mol. The molecule has 0 saturated heterocycles. The van der Waals surface area contributed by atoms with Crippen LogP contribution in [0.4, 0.5) is 0 Å². The number of hydrogen-bond acceptors (Lipinski definition) is 2. The van der Waals surface area contributed by atoms with Crippen LogP contribution in [-0.4, -0.2) is 19.0 Å². The van der Waals surface area contributed by atoms with Crippen LogP contribution in [0.3, 0.4) is 0 Å². The third kappa shape index (κ3) is 6.43. The number of hydrogen-bond donors (Lipinski definition) is 2. The monoisotopic (exact) mass is 241 g/mol. The number of nitrogens with two attached hydrogens (primary N) is 1. The summed E-state index contributed by atoms with van der Waals surface area (Å²) >= 11 is 0. The number of amides is 1. The largest absolute Gasteiger partial charge is 1.00 e. The van der Waals surface area contributed by atoms with Crippen molar-refractivity contribution in [1.29, 1.82) is 0 Å². The summed E-state index contributed by atoms with van der Waals surface area (Å²) in [6.07, 6.45) is 3.16. The van der Waals surface area contributed by atoms with Gasteiger partial charge in [-0.15, -0.1) is 0 Å². The van der Waals surface area contributed by atoms with Gasteiger partial charge in [0.15, 0.2) is 0 Å². The van der Waals surface area contributed by atoms with E-state index in [2.05, 4.69) is 17.4 Å². The van der Waals surface area contributed by atoms with E-state index in [0.29, 0.717) is 0 Å². The van der Waals surface area contributed by atoms with Crippen LogP contribution < -0.4 is 23.5 Å². The second-order valence-corrected chi connectivity index (χ2v) is 3.50. The van der Waals surface area contributed by atoms with Crippen LogP contribution in [-0.2, 0) is 11.2 Å². The van der Waals surface area contributed by atoms with Crippen molar-refractivity contribution in [2.45, 2.75) is 19.3 Å². The van der Waals surface area contributed by atoms with Crippen molar-refractivity contribution in [2.24, 2.45) is 5.73 Å². The highest BCUT2D eigenvalue weighted by atomic mass is 35.5. The van der Waals surface area contributed by atoms with Gasteiger partial charge in [0.05, 0.1) is 6.54 Å². The highest BCUT2D eigenvalue weighted by Crippen LogP contribution is 2.03. The Balaban J connectivity index is 0.00000225. The van der Waals surface area contributed by atoms with Gasteiger partial charge in [-0.05, 0) is 24.8 Å². The minimum Gasteiger partial charge on any atom is -1.00 e. The van der Waals surface area contributed by atoms with E-state index in [1.807, 2.05) is 18.2 Å². The molecule has 0 fully saturated rings. The number of nitrogens with one attached hydrogen (secondary N) is 1. The minimum absolute atomic E-state index is 0. The average molecular weight is 242 g/mol. The summed E-state index contributed by atoms with van der Waals surface area (Å²) in [6.45, 7) is 0.807. The van der Waals surface area contributed by atoms with E-state index in [1.165, 1.54) is 5.56 Å². The van der Waals surface area contributed by atoms with E-state index in [4.69, 9.17) is 5.73 Å². The first-order valence-electron chi connectivity index (χ1n) is 5.33. The zero-order chi connectivity index (χ0) is 10.9. The van der Waals surface area contributed by atoms with Crippen LogP contribution >= 0.6 is 0 Å². The highest BCUT2D eigenvalue weighted by molar-refractivity contribution is 5.77. The third-order valence-electron chi connectivity index (χ3n) is 2.24. The number of carbonyl (C=O) groups is 1. The molecule has 0 spiro atoms. The van der Waals surface area contributed by atoms with Crippen LogP contribution in [0.25, 0.3) is 0 Å². The normalized spacial score (nSPS) is 9.31. The summed E-state index contributed by atoms with van der Waals surface area (Å²) in [4.78, 5) is 10.8. The van der Waals surface area contributed by atoms with Crippen LogP contribution in [0.15, 0.2) is 30.3 Å². The average Bonchev–Trinajstić information content (AvgIpc) is 2.29. The van der Waals surface area contributed by atoms with Crippen LogP contribution in [0.1, 0.15) is 18.4 Å². The van der Waals surface area contributed by atoms with E-state index < -0.39 is 0 Å². The van der Waals surface area contributed by atoms with Gasteiger partial charge >= 0.3 is 0 Å². The molecule has 1 amide bonds. The van der Waals surface area contributed by atoms with E-state index in [9.17, 15) is 4.79 Å². The Morgan fingerprint density at radius 2 is 1.88 bits per heavy atom. The molecule has 0 saturated carbocycles. The first-order chi connectivity index (χ1) is 7.33. The quantitative estimate of drug-likeness (QED) is 0.571. The lowest BCUT2D eigenvalue weighted by molar-refractivity contribution is -0.119. The van der Waals surface area contributed by atoms with Crippen LogP contribution in [0.5, 0.6) is 0 Å². The van der Waals surface area contributed by atoms with Gasteiger partial charge < -0.3 is 23.5 Å². The second-order valence-electron chi connectivity index (χ2n) is 3.50. The molecule has 0 aliphatic heterocycles. The van der Waals surface area contributed by atoms with E-state index >= 15 is 0 Å². The minimum atomic E-state index is -0.0743. The summed E-state index contributed by atoms with van der Waals surface area (Å²) in [6, 6.07) is 10.4. The van der Waals surface area contributed by atoms with E-state index in [0.717, 1.165) is 25.8 Å². The predicted octanol–water partition coefficient (Wildman–Crippen LogP) is -1.91. The molecule has 90 valence electrons. The molecule has 1 rings (SSSR count). The van der Waals surface area contributed by atoms with Gasteiger partial charge in [0.1, 0.15) is 0 Å². The standard InChI is InChI=1S/C12H18N2O.ClH/c13-10-12(15)14-9-5-4-8-11-6-2-1-3-7-11;/h1-3,6-7H,4-5,8-10,13H2,(H,14,15);1H/p-1. The second kappa shape index (κ2) is 9.19. The maximum absolute atomic E-state index is 10.8. The van der Waals surface area contributed by atoms with E-state index in [-0.39, 0.29) is 24.9 Å². The number of halogens is 1. The number of benzene rings is 1. The third-order valence-corrected chi connectivity index (χ3v) is 2.24. The van der Waals surface area contributed by atoms with Gasteiger partial charge in [0.25, 0.3) is 0 Å². The Bertz CT molecular complexity index is 290. The van der Waals surface area contributed by atoms with Gasteiger partial charge in [0.2, 0.25) is 5.91 Å². The molecule has 3 N–H and O–H groups in total. The molecule has 0 aromatic heterocycles. The fraction of sp³-hybridized carbons (Fsp3) is 0.417. The molecule has 0 aliphatic rings. The molecule has 0 radical (unpaired) electrons. The molecular formula is C12H18ClN2O-. The fourth-order valence-electron chi connectivity index (χ4n) is 1.40. The molecule has 1 aromatic carbocycles. The van der Waals surface area contributed by atoms with Gasteiger partial charge in [-0.2, -0.15) is 0 Å². The van der Waals surface area contributed by atoms with Gasteiger partial charge in [-0.1, -0.05) is 30.3 Å². The number of aryl methyl sites for hydroxylation is 1. The van der Waals surface area contributed by atoms with Crippen molar-refractivity contribution in [3.05, 3.63) is 35.9 Å². The Labute approximate surface area is 103 Å². The van der Waals surface area contributed by atoms with Crippen LogP contribution in [0, 0.1) is 0 Å². The maximum Gasteiger partial charge on any atom is 0.233 e. The molecule has 0 bridgehead atoms. The maximum atomic E-state index is 10.8. The zero-order valence-corrected chi connectivity index (χ0v) is 10.0. The first-order valence-corrected chi connectivity index (χ1v) is 5.33. The topological polar surface area (TPSA) is 55.1 Å². The molecule has 4 heteroatoms. The Morgan fingerprint density at radius 3 is 2.50 bits per heavy atom. The SMILES string of the molecule is NCC(=O)NCCCCc1ccccc1.[Cl-]. The van der Waals surface area contributed by atoms with Gasteiger partial charge in [-0.25, -0.2) is 0 Å². The van der Waals surface area contributed by atoms with Crippen molar-refractivity contribution in [1.82, 2.24) is 5.32 Å². The molecule has 1 aromatic rings. The zero-order valence-electron chi connectivity index (χ0n) is 9.29. The smallest absolute Gasteiger partial charge is 0.233 e. The molecule has 0 aliphatic carbocycles. The molecule has 0 atom stereocenters. The number of unbranched alkanes of at least 4 members (excludes halogenated alkanes) is 1. The summed E-state index contributed by atoms with van der Waals surface area (Å²) in [5, 5.41) is 2.75. The summed E-state index contributed by atoms with van der Waals surface area (Å²) < 4.78 is 0. The summed E-state index contributed by atoms with van der Waals surface area (Å²) in [5.74, 6) is -0.0743. The van der Waals surface area contributed by atoms with Crippen molar-refractivity contribution >= 4 is 5.91 Å². The lowest BCUT2D eigenvalue weighted by Crippen LogP contribution is -3.00. The van der Waals surface area contributed by atoms with Gasteiger partial charge in [0, 0.05) is 6.54 Å². The summed E-state index contributed by atoms with van der Waals surface area (Å²) in [5.41, 5.74) is 6.52. The van der Waals surface area contributed by atoms with Crippen molar-refractivity contribution < 1.29 is 17.2 Å². The van der Waals surface area contributed by atoms with Crippen molar-refractivity contribution in [3.8, 4) is 0 Å². The molecular weight excluding hydrogens is 224 g/mol. The molecule has 16 heavy (non-hydrogen) atoms. The highest BCUT2D eigenvalue weighted by Gasteiger charge is 1.96. The fourth-order valence-corrected chi connectivity index (χ4v) is 1.40. The molecule has 0 unspecified atom stereocenters. The number of rotatable bonds is 6. The van der Waals surface area contributed by atoms with Gasteiger partial charge in [-0.3, -0.25) is 4.79 Å². The van der Waals surface area contributed by atoms with E-state index in [1.54, 1.807) is 0 Å². The lowest BCUT2D eigenvalue weighted by Gasteiger charge is -2.03. The summed E-state index contributed by atoms with van der Waals surface area (Å²) in [7, 11) is 0.